The molecule has 0 unspecified atom stereocenters. The Hall–Kier alpha value is -1.36. The van der Waals surface area contributed by atoms with Crippen molar-refractivity contribution < 1.29 is 23.1 Å². The zero-order chi connectivity index (χ0) is 12.4. The van der Waals surface area contributed by atoms with Crippen LogP contribution in [-0.2, 0) is 10.2 Å². The summed E-state index contributed by atoms with van der Waals surface area (Å²) in [4.78, 5) is 11.3. The summed E-state index contributed by atoms with van der Waals surface area (Å²) in [5, 5.41) is 9.00. The number of halogens is 3. The number of hydrogen-bond acceptors (Lipinski definition) is 2. The van der Waals surface area contributed by atoms with Crippen molar-refractivity contribution in [2.75, 3.05) is 6.61 Å². The fourth-order valence-electron chi connectivity index (χ4n) is 1.58. The van der Waals surface area contributed by atoms with Crippen LogP contribution in [-0.4, -0.2) is 23.7 Å². The molecule has 5 heteroatoms. The number of aliphatic hydroxyl groups is 1. The molecule has 0 aliphatic rings. The van der Waals surface area contributed by atoms with Crippen molar-refractivity contribution in [2.24, 2.45) is 0 Å². The lowest BCUT2D eigenvalue weighted by molar-refractivity contribution is -0.200. The number of ketones is 1. The van der Waals surface area contributed by atoms with Crippen molar-refractivity contribution in [3.05, 3.63) is 35.9 Å². The smallest absolute Gasteiger partial charge is 0.395 e. The maximum Gasteiger partial charge on any atom is 0.407 e. The number of carbonyl (C=O) groups is 1. The molecule has 1 N–H and O–H groups in total. The van der Waals surface area contributed by atoms with Gasteiger partial charge in [-0.1, -0.05) is 30.3 Å². The van der Waals surface area contributed by atoms with E-state index in [1.807, 2.05) is 0 Å². The van der Waals surface area contributed by atoms with Gasteiger partial charge in [-0.3, -0.25) is 4.79 Å². The van der Waals surface area contributed by atoms with E-state index in [9.17, 15) is 18.0 Å². The molecule has 0 saturated carbocycles. The normalized spacial score (nSPS) is 15.6. The van der Waals surface area contributed by atoms with Crippen molar-refractivity contribution in [1.82, 2.24) is 0 Å². The molecule has 88 valence electrons. The number of carbonyl (C=O) groups excluding carboxylic acids is 1. The first-order valence-electron chi connectivity index (χ1n) is 4.60. The maximum absolute atomic E-state index is 12.9. The van der Waals surface area contributed by atoms with Gasteiger partial charge in [0.25, 0.3) is 0 Å². The van der Waals surface area contributed by atoms with E-state index in [-0.39, 0.29) is 5.56 Å². The standard InChI is InChI=1S/C11H11F3O2/c1-8(16)10(7-15,11(12,13)14)9-5-3-2-4-6-9/h2-6,15H,7H2,1H3/t10-/m0/s1. The summed E-state index contributed by atoms with van der Waals surface area (Å²) in [6.07, 6.45) is -4.81. The van der Waals surface area contributed by atoms with Crippen molar-refractivity contribution >= 4 is 5.78 Å². The van der Waals surface area contributed by atoms with Crippen LogP contribution in [0.3, 0.4) is 0 Å². The third-order valence-electron chi connectivity index (χ3n) is 2.59. The monoisotopic (exact) mass is 232 g/mol. The number of Topliss-reactive ketones (excluding diaryl/α,β-unsaturated/α-hetero) is 1. The van der Waals surface area contributed by atoms with Gasteiger partial charge in [-0.25, -0.2) is 0 Å². The van der Waals surface area contributed by atoms with E-state index >= 15 is 0 Å². The molecule has 0 aliphatic carbocycles. The number of aliphatic hydroxyl groups excluding tert-OH is 1. The highest BCUT2D eigenvalue weighted by Gasteiger charge is 2.59. The van der Waals surface area contributed by atoms with E-state index in [1.54, 1.807) is 6.07 Å². The van der Waals surface area contributed by atoms with Crippen LogP contribution in [0.5, 0.6) is 0 Å². The largest absolute Gasteiger partial charge is 0.407 e. The van der Waals surface area contributed by atoms with Crippen LogP contribution >= 0.6 is 0 Å². The van der Waals surface area contributed by atoms with Crippen molar-refractivity contribution in [2.45, 2.75) is 18.5 Å². The van der Waals surface area contributed by atoms with E-state index in [1.165, 1.54) is 24.3 Å². The Morgan fingerprint density at radius 2 is 1.75 bits per heavy atom. The average molecular weight is 232 g/mol. The van der Waals surface area contributed by atoms with Gasteiger partial charge in [-0.2, -0.15) is 13.2 Å². The van der Waals surface area contributed by atoms with Crippen molar-refractivity contribution in [1.29, 1.82) is 0 Å². The quantitative estimate of drug-likeness (QED) is 0.866. The van der Waals surface area contributed by atoms with Gasteiger partial charge in [-0.05, 0) is 12.5 Å². The molecule has 0 fully saturated rings. The lowest BCUT2D eigenvalue weighted by Crippen LogP contribution is -2.51. The fourth-order valence-corrected chi connectivity index (χ4v) is 1.58. The molecule has 2 nitrogen and oxygen atoms in total. The summed E-state index contributed by atoms with van der Waals surface area (Å²) in [6, 6.07) is 6.71. The molecule has 0 spiro atoms. The second-order valence-corrected chi connectivity index (χ2v) is 3.48. The Kier molecular flexibility index (Phi) is 3.38. The first kappa shape index (κ1) is 12.7. The lowest BCUT2D eigenvalue weighted by Gasteiger charge is -2.31. The van der Waals surface area contributed by atoms with Gasteiger partial charge >= 0.3 is 6.18 Å². The highest BCUT2D eigenvalue weighted by Crippen LogP contribution is 2.41. The van der Waals surface area contributed by atoms with Gasteiger partial charge in [0.05, 0.1) is 6.61 Å². The second-order valence-electron chi connectivity index (χ2n) is 3.48. The van der Waals surface area contributed by atoms with E-state index in [4.69, 9.17) is 5.11 Å². The molecule has 0 saturated heterocycles. The summed E-state index contributed by atoms with van der Waals surface area (Å²) in [5.41, 5.74) is -3.05. The number of alkyl halides is 3. The Labute approximate surface area is 90.7 Å². The highest BCUT2D eigenvalue weighted by atomic mass is 19.4. The summed E-state index contributed by atoms with van der Waals surface area (Å²) in [5.74, 6) is -1.12. The number of rotatable bonds is 3. The molecule has 0 aliphatic heterocycles. The van der Waals surface area contributed by atoms with Crippen LogP contribution in [0.15, 0.2) is 30.3 Å². The average Bonchev–Trinajstić information content (AvgIpc) is 2.18. The zero-order valence-electron chi connectivity index (χ0n) is 8.58. The molecule has 0 amide bonds. The fraction of sp³-hybridized carbons (Fsp3) is 0.364. The van der Waals surface area contributed by atoms with Crippen LogP contribution in [0.4, 0.5) is 13.2 Å². The van der Waals surface area contributed by atoms with Crippen LogP contribution in [0.1, 0.15) is 12.5 Å². The van der Waals surface area contributed by atoms with Crippen molar-refractivity contribution in [3.63, 3.8) is 0 Å². The first-order chi connectivity index (χ1) is 7.36. The Morgan fingerprint density at radius 1 is 1.25 bits per heavy atom. The number of benzene rings is 1. The first-order valence-corrected chi connectivity index (χ1v) is 4.60. The zero-order valence-corrected chi connectivity index (χ0v) is 8.58. The molecule has 1 aromatic rings. The van der Waals surface area contributed by atoms with Gasteiger partial charge in [0, 0.05) is 0 Å². The lowest BCUT2D eigenvalue weighted by atomic mass is 9.77. The summed E-state index contributed by atoms with van der Waals surface area (Å²) in [6.45, 7) is -0.452. The van der Waals surface area contributed by atoms with Crippen LogP contribution < -0.4 is 0 Å². The van der Waals surface area contributed by atoms with Gasteiger partial charge < -0.3 is 5.11 Å². The minimum absolute atomic E-state index is 0.238. The minimum atomic E-state index is -4.81. The van der Waals surface area contributed by atoms with Crippen LogP contribution in [0.25, 0.3) is 0 Å². The third-order valence-corrected chi connectivity index (χ3v) is 2.59. The molecule has 1 rings (SSSR count). The molecule has 16 heavy (non-hydrogen) atoms. The van der Waals surface area contributed by atoms with Gasteiger partial charge in [0.15, 0.2) is 11.2 Å². The Bertz CT molecular complexity index is 373. The van der Waals surface area contributed by atoms with E-state index in [0.717, 1.165) is 6.92 Å². The van der Waals surface area contributed by atoms with E-state index < -0.39 is 24.0 Å². The maximum atomic E-state index is 12.9. The summed E-state index contributed by atoms with van der Waals surface area (Å²) in [7, 11) is 0. The van der Waals surface area contributed by atoms with E-state index in [2.05, 4.69) is 0 Å². The van der Waals surface area contributed by atoms with Crippen molar-refractivity contribution in [3.8, 4) is 0 Å². The topological polar surface area (TPSA) is 37.3 Å². The van der Waals surface area contributed by atoms with Crippen LogP contribution in [0, 0.1) is 0 Å². The highest BCUT2D eigenvalue weighted by molar-refractivity contribution is 5.89. The molecular weight excluding hydrogens is 221 g/mol. The molecule has 1 atom stereocenters. The number of hydrogen-bond donors (Lipinski definition) is 1. The van der Waals surface area contributed by atoms with Gasteiger partial charge in [0.1, 0.15) is 0 Å². The molecule has 0 aromatic heterocycles. The van der Waals surface area contributed by atoms with E-state index in [0.29, 0.717) is 0 Å². The summed E-state index contributed by atoms with van der Waals surface area (Å²) >= 11 is 0. The SMILES string of the molecule is CC(=O)[C@@](CO)(c1ccccc1)C(F)(F)F. The van der Waals surface area contributed by atoms with Gasteiger partial charge in [-0.15, -0.1) is 0 Å². The Balaban J connectivity index is 3.42. The minimum Gasteiger partial charge on any atom is -0.395 e. The predicted molar refractivity (Wildman–Crippen MR) is 51.9 cm³/mol. The Morgan fingerprint density at radius 3 is 2.06 bits per heavy atom. The summed E-state index contributed by atoms with van der Waals surface area (Å²) < 4.78 is 38.8. The molecule has 0 bridgehead atoms. The second kappa shape index (κ2) is 4.25. The molecule has 0 radical (unpaired) electrons. The molecule has 1 aromatic carbocycles. The molecular formula is C11H11F3O2. The van der Waals surface area contributed by atoms with Gasteiger partial charge in [0.2, 0.25) is 0 Å². The third kappa shape index (κ3) is 1.82. The predicted octanol–water partition coefficient (Wildman–Crippen LogP) is 2.07. The van der Waals surface area contributed by atoms with Crippen LogP contribution in [0.2, 0.25) is 0 Å². The molecule has 0 heterocycles.